The second-order valence-corrected chi connectivity index (χ2v) is 6.96. The maximum absolute atomic E-state index is 10.5. The fourth-order valence-corrected chi connectivity index (χ4v) is 4.31. The molecule has 0 spiro atoms. The molecule has 4 nitrogen and oxygen atoms in total. The van der Waals surface area contributed by atoms with Crippen LogP contribution in [0.25, 0.3) is 11.1 Å². The zero-order valence-electron chi connectivity index (χ0n) is 14.9. The lowest BCUT2D eigenvalue weighted by atomic mass is 9.76. The summed E-state index contributed by atoms with van der Waals surface area (Å²) >= 11 is 0. The number of phenolic OH excluding ortho intramolecular Hbond substituents is 2. The van der Waals surface area contributed by atoms with E-state index < -0.39 is 0 Å². The summed E-state index contributed by atoms with van der Waals surface area (Å²) in [5.41, 5.74) is 5.48. The van der Waals surface area contributed by atoms with Gasteiger partial charge >= 0.3 is 0 Å². The fourth-order valence-electron chi connectivity index (χ4n) is 4.31. The van der Waals surface area contributed by atoms with Crippen LogP contribution in [0.1, 0.15) is 43.0 Å². The molecular formula is C21H25NO3. The molecule has 0 amide bonds. The van der Waals surface area contributed by atoms with Gasteiger partial charge in [0.1, 0.15) is 5.75 Å². The van der Waals surface area contributed by atoms with E-state index in [2.05, 4.69) is 24.8 Å². The molecule has 0 fully saturated rings. The van der Waals surface area contributed by atoms with E-state index in [1.54, 1.807) is 6.07 Å². The SMILES string of the molecule is CCCOc1cc2c3c(c1)-c1c(ccc(O)c1O)C[C@H]3N(CC)CC2. The van der Waals surface area contributed by atoms with Crippen molar-refractivity contribution in [3.05, 3.63) is 41.0 Å². The molecule has 25 heavy (non-hydrogen) atoms. The predicted molar refractivity (Wildman–Crippen MR) is 98.4 cm³/mol. The molecule has 4 heteroatoms. The van der Waals surface area contributed by atoms with Crippen LogP contribution in [0, 0.1) is 0 Å². The zero-order chi connectivity index (χ0) is 17.6. The Morgan fingerprint density at radius 1 is 1.16 bits per heavy atom. The van der Waals surface area contributed by atoms with E-state index in [1.807, 2.05) is 12.1 Å². The number of fused-ring (bicyclic) bond motifs is 2. The van der Waals surface area contributed by atoms with Gasteiger partial charge in [0, 0.05) is 18.2 Å². The summed E-state index contributed by atoms with van der Waals surface area (Å²) in [5, 5.41) is 20.6. The van der Waals surface area contributed by atoms with Gasteiger partial charge in [-0.25, -0.2) is 0 Å². The van der Waals surface area contributed by atoms with Gasteiger partial charge in [0.25, 0.3) is 0 Å². The Morgan fingerprint density at radius 2 is 2.00 bits per heavy atom. The van der Waals surface area contributed by atoms with Crippen LogP contribution in [0.15, 0.2) is 24.3 Å². The van der Waals surface area contributed by atoms with E-state index in [9.17, 15) is 10.2 Å². The number of benzene rings is 2. The highest BCUT2D eigenvalue weighted by atomic mass is 16.5. The first kappa shape index (κ1) is 16.3. The number of hydrogen-bond donors (Lipinski definition) is 2. The standard InChI is InChI=1S/C21H25NO3/c1-3-9-25-15-10-14-7-8-22(4-2)17-11-13-5-6-18(23)21(24)20(13)16(12-15)19(14)17/h5-6,10,12,17,23-24H,3-4,7-9,11H2,1-2H3/t17-/m1/s1. The minimum atomic E-state index is -0.0611. The highest BCUT2D eigenvalue weighted by molar-refractivity contribution is 5.83. The van der Waals surface area contributed by atoms with Gasteiger partial charge in [0.2, 0.25) is 0 Å². The zero-order valence-corrected chi connectivity index (χ0v) is 14.9. The lowest BCUT2D eigenvalue weighted by Gasteiger charge is -2.41. The van der Waals surface area contributed by atoms with E-state index in [1.165, 1.54) is 11.1 Å². The van der Waals surface area contributed by atoms with Crippen molar-refractivity contribution < 1.29 is 14.9 Å². The summed E-state index contributed by atoms with van der Waals surface area (Å²) in [6, 6.07) is 8.07. The number of aromatic hydroxyl groups is 2. The second-order valence-electron chi connectivity index (χ2n) is 6.96. The smallest absolute Gasteiger partial charge is 0.165 e. The topological polar surface area (TPSA) is 52.9 Å². The first-order valence-electron chi connectivity index (χ1n) is 9.21. The molecule has 0 saturated carbocycles. The lowest BCUT2D eigenvalue weighted by Crippen LogP contribution is -2.38. The molecule has 0 saturated heterocycles. The summed E-state index contributed by atoms with van der Waals surface area (Å²) in [5.74, 6) is 0.781. The molecule has 2 aliphatic rings. The number of phenols is 2. The molecule has 1 atom stereocenters. The summed E-state index contributed by atoms with van der Waals surface area (Å²) in [6.07, 6.45) is 2.82. The summed E-state index contributed by atoms with van der Waals surface area (Å²) < 4.78 is 5.90. The Hall–Kier alpha value is -2.20. The van der Waals surface area contributed by atoms with Crippen LogP contribution in [0.5, 0.6) is 17.2 Å². The van der Waals surface area contributed by atoms with Gasteiger partial charge in [-0.15, -0.1) is 0 Å². The Bertz CT molecular complexity index is 815. The van der Waals surface area contributed by atoms with Crippen LogP contribution in [-0.2, 0) is 12.8 Å². The van der Waals surface area contributed by atoms with Gasteiger partial charge in [-0.1, -0.05) is 19.9 Å². The van der Waals surface area contributed by atoms with Gasteiger partial charge < -0.3 is 14.9 Å². The molecule has 0 radical (unpaired) electrons. The molecule has 0 aromatic heterocycles. The molecule has 1 aliphatic carbocycles. The third-order valence-corrected chi connectivity index (χ3v) is 5.49. The van der Waals surface area contributed by atoms with Crippen LogP contribution in [-0.4, -0.2) is 34.8 Å². The molecule has 1 heterocycles. The molecule has 1 aliphatic heterocycles. The van der Waals surface area contributed by atoms with Crippen molar-refractivity contribution in [1.29, 1.82) is 0 Å². The number of ether oxygens (including phenoxy) is 1. The van der Waals surface area contributed by atoms with Gasteiger partial charge in [-0.05, 0) is 66.3 Å². The number of hydrogen-bond acceptors (Lipinski definition) is 4. The Labute approximate surface area is 148 Å². The number of nitrogens with zero attached hydrogens (tertiary/aromatic N) is 1. The third-order valence-electron chi connectivity index (χ3n) is 5.49. The van der Waals surface area contributed by atoms with Crippen LogP contribution in [0.3, 0.4) is 0 Å². The van der Waals surface area contributed by atoms with E-state index >= 15 is 0 Å². The monoisotopic (exact) mass is 339 g/mol. The lowest BCUT2D eigenvalue weighted by molar-refractivity contribution is 0.192. The minimum absolute atomic E-state index is 0.0144. The van der Waals surface area contributed by atoms with E-state index in [4.69, 9.17) is 4.74 Å². The van der Waals surface area contributed by atoms with Crippen molar-refractivity contribution in [2.75, 3.05) is 19.7 Å². The van der Waals surface area contributed by atoms with E-state index in [0.717, 1.165) is 54.8 Å². The molecule has 0 bridgehead atoms. The van der Waals surface area contributed by atoms with Crippen molar-refractivity contribution in [2.45, 2.75) is 39.2 Å². The molecule has 2 N–H and O–H groups in total. The molecular weight excluding hydrogens is 314 g/mol. The van der Waals surface area contributed by atoms with Gasteiger partial charge in [-0.3, -0.25) is 4.90 Å². The quantitative estimate of drug-likeness (QED) is 0.826. The van der Waals surface area contributed by atoms with Gasteiger partial charge in [-0.2, -0.15) is 0 Å². The molecule has 0 unspecified atom stereocenters. The molecule has 132 valence electrons. The number of likely N-dealkylation sites (N-methyl/N-ethyl adjacent to an activating group) is 1. The highest BCUT2D eigenvalue weighted by Crippen LogP contribution is 2.51. The predicted octanol–water partition coefficient (Wildman–Crippen LogP) is 4.03. The largest absolute Gasteiger partial charge is 0.504 e. The third kappa shape index (κ3) is 2.56. The van der Waals surface area contributed by atoms with Crippen molar-refractivity contribution in [3.8, 4) is 28.4 Å². The fraction of sp³-hybridized carbons (Fsp3) is 0.429. The number of rotatable bonds is 4. The first-order valence-corrected chi connectivity index (χ1v) is 9.21. The minimum Gasteiger partial charge on any atom is -0.504 e. The molecule has 4 rings (SSSR count). The molecule has 2 aromatic rings. The molecule has 2 aromatic carbocycles. The summed E-state index contributed by atoms with van der Waals surface area (Å²) in [4.78, 5) is 2.51. The van der Waals surface area contributed by atoms with Gasteiger partial charge in [0.05, 0.1) is 6.61 Å². The van der Waals surface area contributed by atoms with Gasteiger partial charge in [0.15, 0.2) is 11.5 Å². The van der Waals surface area contributed by atoms with E-state index in [0.29, 0.717) is 12.6 Å². The summed E-state index contributed by atoms with van der Waals surface area (Å²) in [6.45, 7) is 7.03. The van der Waals surface area contributed by atoms with Crippen molar-refractivity contribution in [2.24, 2.45) is 0 Å². The van der Waals surface area contributed by atoms with Crippen LogP contribution in [0.4, 0.5) is 0 Å². The Morgan fingerprint density at radius 3 is 2.76 bits per heavy atom. The average molecular weight is 339 g/mol. The van der Waals surface area contributed by atoms with Crippen molar-refractivity contribution in [3.63, 3.8) is 0 Å². The average Bonchev–Trinajstić information content (AvgIpc) is 2.63. The normalized spacial score (nSPS) is 18.6. The Kier molecular flexibility index (Phi) is 4.08. The first-order chi connectivity index (χ1) is 12.1. The van der Waals surface area contributed by atoms with Crippen LogP contribution >= 0.6 is 0 Å². The maximum Gasteiger partial charge on any atom is 0.165 e. The van der Waals surface area contributed by atoms with Crippen molar-refractivity contribution >= 4 is 0 Å². The van der Waals surface area contributed by atoms with Crippen molar-refractivity contribution in [1.82, 2.24) is 4.90 Å². The highest BCUT2D eigenvalue weighted by Gasteiger charge is 2.35. The summed E-state index contributed by atoms with van der Waals surface area (Å²) in [7, 11) is 0. The van der Waals surface area contributed by atoms with E-state index in [-0.39, 0.29) is 11.5 Å². The second kappa shape index (κ2) is 6.26. The van der Waals surface area contributed by atoms with Crippen LogP contribution in [0.2, 0.25) is 0 Å². The maximum atomic E-state index is 10.5. The Balaban J connectivity index is 1.94. The van der Waals surface area contributed by atoms with Crippen LogP contribution < -0.4 is 4.74 Å².